The molecule has 0 saturated carbocycles. The average Bonchev–Trinajstić information content (AvgIpc) is 3.09. The van der Waals surface area contributed by atoms with Crippen molar-refractivity contribution in [2.45, 2.75) is 25.7 Å². The van der Waals surface area contributed by atoms with Gasteiger partial charge in [0, 0.05) is 10.7 Å². The minimum Gasteiger partial charge on any atom is -0.341 e. The Hall–Kier alpha value is -3.03. The van der Waals surface area contributed by atoms with Crippen LogP contribution in [0.3, 0.4) is 0 Å². The van der Waals surface area contributed by atoms with E-state index in [1.54, 1.807) is 0 Å². The highest BCUT2D eigenvalue weighted by Crippen LogP contribution is 2.36. The van der Waals surface area contributed by atoms with E-state index in [1.165, 1.54) is 5.56 Å². The van der Waals surface area contributed by atoms with Crippen molar-refractivity contribution in [3.63, 3.8) is 0 Å². The molecule has 0 aliphatic heterocycles. The summed E-state index contributed by atoms with van der Waals surface area (Å²) in [7, 11) is 0. The van der Waals surface area contributed by atoms with Crippen molar-refractivity contribution in [3.8, 4) is 6.07 Å². The molecule has 2 heterocycles. The van der Waals surface area contributed by atoms with Crippen LogP contribution in [0.25, 0.3) is 16.7 Å². The van der Waals surface area contributed by atoms with E-state index in [4.69, 9.17) is 16.6 Å². The lowest BCUT2D eigenvalue weighted by Crippen LogP contribution is -2.13. The van der Waals surface area contributed by atoms with Crippen molar-refractivity contribution >= 4 is 39.8 Å². The summed E-state index contributed by atoms with van der Waals surface area (Å²) in [5, 5.41) is 14.2. The van der Waals surface area contributed by atoms with Gasteiger partial charge < -0.3 is 5.32 Å². The van der Waals surface area contributed by atoms with Gasteiger partial charge in [-0.15, -0.1) is 0 Å². The molecule has 2 aromatic heterocycles. The van der Waals surface area contributed by atoms with Crippen LogP contribution in [-0.2, 0) is 12.8 Å². The van der Waals surface area contributed by atoms with Crippen molar-refractivity contribution in [2.24, 2.45) is 0 Å². The van der Waals surface area contributed by atoms with Crippen molar-refractivity contribution in [2.75, 3.05) is 5.32 Å². The molecule has 2 aromatic carbocycles. The molecule has 0 saturated heterocycles. The third kappa shape index (κ3) is 2.55. The van der Waals surface area contributed by atoms with Crippen LogP contribution in [0, 0.1) is 11.3 Å². The molecule has 0 amide bonds. The fourth-order valence-electron chi connectivity index (χ4n) is 4.05. The first-order chi connectivity index (χ1) is 13.3. The molecule has 4 aromatic rings. The van der Waals surface area contributed by atoms with Gasteiger partial charge >= 0.3 is 0 Å². The van der Waals surface area contributed by atoms with Gasteiger partial charge in [-0.25, -0.2) is 4.98 Å². The number of anilines is 2. The molecule has 0 fully saturated rings. The zero-order valence-electron chi connectivity index (χ0n) is 14.7. The fourth-order valence-corrected chi connectivity index (χ4v) is 4.18. The van der Waals surface area contributed by atoms with Gasteiger partial charge in [0.15, 0.2) is 5.65 Å². The summed E-state index contributed by atoms with van der Waals surface area (Å²) >= 11 is 6.05. The van der Waals surface area contributed by atoms with Crippen LogP contribution >= 0.6 is 11.6 Å². The lowest BCUT2D eigenvalue weighted by molar-refractivity contribution is 0.682. The summed E-state index contributed by atoms with van der Waals surface area (Å²) in [6.45, 7) is 0. The number of nitriles is 1. The zero-order chi connectivity index (χ0) is 18.4. The number of halogens is 1. The minimum absolute atomic E-state index is 0.709. The predicted molar refractivity (Wildman–Crippen MR) is 109 cm³/mol. The Balaban J connectivity index is 1.86. The van der Waals surface area contributed by atoms with Crippen molar-refractivity contribution in [1.29, 1.82) is 5.26 Å². The second-order valence-electron chi connectivity index (χ2n) is 6.89. The van der Waals surface area contributed by atoms with E-state index >= 15 is 0 Å². The molecule has 5 heteroatoms. The minimum atomic E-state index is 0.709. The number of imidazole rings is 1. The first-order valence-electron chi connectivity index (χ1n) is 9.14. The molecule has 0 bridgehead atoms. The monoisotopic (exact) mass is 372 g/mol. The van der Waals surface area contributed by atoms with Gasteiger partial charge in [0.1, 0.15) is 11.9 Å². The summed E-state index contributed by atoms with van der Waals surface area (Å²) < 4.78 is 2.10. The zero-order valence-corrected chi connectivity index (χ0v) is 15.4. The highest BCUT2D eigenvalue weighted by molar-refractivity contribution is 6.30. The molecule has 1 N–H and O–H groups in total. The highest BCUT2D eigenvalue weighted by atomic mass is 35.5. The molecule has 27 heavy (non-hydrogen) atoms. The Morgan fingerprint density at radius 2 is 1.74 bits per heavy atom. The van der Waals surface area contributed by atoms with E-state index in [0.717, 1.165) is 59.4 Å². The maximum atomic E-state index is 9.89. The number of benzene rings is 2. The third-order valence-corrected chi connectivity index (χ3v) is 5.53. The summed E-state index contributed by atoms with van der Waals surface area (Å²) in [5.74, 6) is 1.01. The second-order valence-corrected chi connectivity index (χ2v) is 7.33. The highest BCUT2D eigenvalue weighted by Gasteiger charge is 2.24. The van der Waals surface area contributed by atoms with Crippen molar-refractivity contribution < 1.29 is 0 Å². The first kappa shape index (κ1) is 16.2. The Morgan fingerprint density at radius 1 is 1.00 bits per heavy atom. The molecule has 5 rings (SSSR count). The average molecular weight is 373 g/mol. The third-order valence-electron chi connectivity index (χ3n) is 5.28. The maximum Gasteiger partial charge on any atom is 0.157 e. The van der Waals surface area contributed by atoms with E-state index in [-0.39, 0.29) is 0 Å². The van der Waals surface area contributed by atoms with Crippen molar-refractivity contribution in [3.05, 3.63) is 70.2 Å². The van der Waals surface area contributed by atoms with Gasteiger partial charge in [-0.05, 0) is 73.2 Å². The molecule has 0 spiro atoms. The molecule has 4 nitrogen and oxygen atoms in total. The second kappa shape index (κ2) is 6.29. The first-order valence-corrected chi connectivity index (χ1v) is 9.51. The van der Waals surface area contributed by atoms with E-state index < -0.39 is 0 Å². The number of hydrogen-bond acceptors (Lipinski definition) is 3. The Kier molecular flexibility index (Phi) is 3.77. The summed E-state index contributed by atoms with van der Waals surface area (Å²) in [6.07, 6.45) is 4.12. The number of para-hydroxylation sites is 2. The van der Waals surface area contributed by atoms with E-state index in [9.17, 15) is 5.26 Å². The van der Waals surface area contributed by atoms with Crippen LogP contribution in [0.4, 0.5) is 11.5 Å². The number of nitrogens with one attached hydrogen (secondary N) is 1. The molecule has 1 aliphatic carbocycles. The maximum absolute atomic E-state index is 9.89. The lowest BCUT2D eigenvalue weighted by Gasteiger charge is -2.23. The lowest BCUT2D eigenvalue weighted by atomic mass is 9.89. The molecule has 0 radical (unpaired) electrons. The van der Waals surface area contributed by atoms with Crippen molar-refractivity contribution in [1.82, 2.24) is 9.38 Å². The van der Waals surface area contributed by atoms with Crippen LogP contribution in [0.2, 0.25) is 5.02 Å². The number of fused-ring (bicyclic) bond motifs is 4. The molecular weight excluding hydrogens is 356 g/mol. The van der Waals surface area contributed by atoms with Gasteiger partial charge in [-0.2, -0.15) is 5.26 Å². The van der Waals surface area contributed by atoms with Gasteiger partial charge in [0.2, 0.25) is 0 Å². The number of nitrogens with zero attached hydrogens (tertiary/aromatic N) is 3. The van der Waals surface area contributed by atoms with E-state index in [2.05, 4.69) is 21.9 Å². The van der Waals surface area contributed by atoms with Gasteiger partial charge in [-0.3, -0.25) is 4.40 Å². The molecular formula is C22H17ClN4. The number of pyridine rings is 1. The molecule has 0 atom stereocenters. The molecule has 0 unspecified atom stereocenters. The summed E-state index contributed by atoms with van der Waals surface area (Å²) in [4.78, 5) is 4.79. The fraction of sp³-hybridized carbons (Fsp3) is 0.182. The quantitative estimate of drug-likeness (QED) is 0.495. The van der Waals surface area contributed by atoms with Crippen LogP contribution in [0.1, 0.15) is 29.5 Å². The Bertz CT molecular complexity index is 1220. The largest absolute Gasteiger partial charge is 0.341 e. The summed E-state index contributed by atoms with van der Waals surface area (Å²) in [5.41, 5.74) is 6.69. The standard InChI is InChI=1S/C22H17ClN4/c23-14-9-11-15(12-10-14)25-21-17-6-2-1-5-16(17)18(13-24)22-26-19-7-3-4-8-20(19)27(21)22/h3-4,7-12,25H,1-2,5-6H2. The Morgan fingerprint density at radius 3 is 2.52 bits per heavy atom. The predicted octanol–water partition coefficient (Wildman–Crippen LogP) is 5.63. The van der Waals surface area contributed by atoms with Gasteiger partial charge in [0.25, 0.3) is 0 Å². The topological polar surface area (TPSA) is 53.1 Å². The van der Waals surface area contributed by atoms with Crippen LogP contribution < -0.4 is 5.32 Å². The Labute approximate surface area is 162 Å². The van der Waals surface area contributed by atoms with E-state index in [0.29, 0.717) is 10.6 Å². The SMILES string of the molecule is N#Cc1c2c(c(Nc3ccc(Cl)cc3)n3c1nc1ccccc13)CCCC2. The van der Waals surface area contributed by atoms with Crippen LogP contribution in [0.15, 0.2) is 48.5 Å². The summed E-state index contributed by atoms with van der Waals surface area (Å²) in [6, 6.07) is 18.2. The van der Waals surface area contributed by atoms with Crippen LogP contribution in [0.5, 0.6) is 0 Å². The normalized spacial score (nSPS) is 13.5. The number of rotatable bonds is 2. The van der Waals surface area contributed by atoms with Gasteiger partial charge in [0.05, 0.1) is 16.6 Å². The van der Waals surface area contributed by atoms with E-state index in [1.807, 2.05) is 42.5 Å². The molecule has 132 valence electrons. The van der Waals surface area contributed by atoms with Gasteiger partial charge in [-0.1, -0.05) is 23.7 Å². The number of hydrogen-bond donors (Lipinski definition) is 1. The van der Waals surface area contributed by atoms with Crippen LogP contribution in [-0.4, -0.2) is 9.38 Å². The number of aromatic nitrogens is 2. The molecule has 1 aliphatic rings. The smallest absolute Gasteiger partial charge is 0.157 e.